The van der Waals surface area contributed by atoms with Crippen LogP contribution in [0, 0.1) is 0 Å². The Kier molecular flexibility index (Phi) is 8.35. The summed E-state index contributed by atoms with van der Waals surface area (Å²) < 4.78 is 0. The molecule has 6 nitrogen and oxygen atoms in total. The van der Waals surface area contributed by atoms with Gasteiger partial charge in [0.25, 0.3) is 0 Å². The summed E-state index contributed by atoms with van der Waals surface area (Å²) in [6, 6.07) is 7.92. The van der Waals surface area contributed by atoms with Crippen LogP contribution in [-0.2, 0) is 16.1 Å². The van der Waals surface area contributed by atoms with Gasteiger partial charge in [-0.25, -0.2) is 0 Å². The topological polar surface area (TPSA) is 64.7 Å². The molecule has 1 heterocycles. The molecule has 0 radical (unpaired) electrons. The second-order valence-electron chi connectivity index (χ2n) is 6.72. The van der Waals surface area contributed by atoms with Crippen molar-refractivity contribution < 1.29 is 9.59 Å². The van der Waals surface area contributed by atoms with Crippen molar-refractivity contribution >= 4 is 23.4 Å². The molecule has 0 aliphatic carbocycles. The number of likely N-dealkylation sites (tertiary alicyclic amines) is 1. The van der Waals surface area contributed by atoms with Crippen LogP contribution in [0.4, 0.5) is 0 Å². The van der Waals surface area contributed by atoms with Crippen molar-refractivity contribution in [3.63, 3.8) is 0 Å². The molecule has 1 aromatic rings. The minimum atomic E-state index is 0.0354. The van der Waals surface area contributed by atoms with E-state index in [4.69, 9.17) is 11.6 Å². The van der Waals surface area contributed by atoms with Crippen molar-refractivity contribution in [2.24, 2.45) is 0 Å². The maximum Gasteiger partial charge on any atom is 0.234 e. The molecule has 1 aliphatic heterocycles. The average Bonchev–Trinajstić information content (AvgIpc) is 2.64. The molecule has 0 bridgehead atoms. The summed E-state index contributed by atoms with van der Waals surface area (Å²) in [6.45, 7) is 6.08. The number of benzene rings is 1. The maximum absolute atomic E-state index is 12.4. The highest BCUT2D eigenvalue weighted by Crippen LogP contribution is 2.12. The van der Waals surface area contributed by atoms with Gasteiger partial charge in [0, 0.05) is 37.7 Å². The Morgan fingerprint density at radius 2 is 1.85 bits per heavy atom. The zero-order chi connectivity index (χ0) is 18.9. The van der Waals surface area contributed by atoms with Gasteiger partial charge in [-0.2, -0.15) is 0 Å². The van der Waals surface area contributed by atoms with Crippen LogP contribution in [0.25, 0.3) is 0 Å². The molecule has 1 fully saturated rings. The van der Waals surface area contributed by atoms with E-state index >= 15 is 0 Å². The second-order valence-corrected chi connectivity index (χ2v) is 7.16. The Morgan fingerprint density at radius 1 is 1.19 bits per heavy atom. The molecular weight excluding hydrogens is 352 g/mol. The summed E-state index contributed by atoms with van der Waals surface area (Å²) in [5.41, 5.74) is 1.14. The van der Waals surface area contributed by atoms with Gasteiger partial charge in [-0.1, -0.05) is 30.7 Å². The van der Waals surface area contributed by atoms with Gasteiger partial charge < -0.3 is 10.6 Å². The van der Waals surface area contributed by atoms with E-state index in [0.29, 0.717) is 13.1 Å². The van der Waals surface area contributed by atoms with Gasteiger partial charge >= 0.3 is 0 Å². The molecular formula is C19H29ClN4O2. The summed E-state index contributed by atoms with van der Waals surface area (Å²) in [6.07, 6.45) is 1.76. The number of halogens is 1. The van der Waals surface area contributed by atoms with Gasteiger partial charge in [0.2, 0.25) is 11.8 Å². The number of hydrogen-bond donors (Lipinski definition) is 2. The minimum absolute atomic E-state index is 0.0354. The quantitative estimate of drug-likeness (QED) is 0.717. The Labute approximate surface area is 160 Å². The molecule has 2 rings (SSSR count). The Bertz CT molecular complexity index is 586. The third kappa shape index (κ3) is 6.94. The number of nitrogens with one attached hydrogen (secondary N) is 2. The number of rotatable bonds is 8. The second kappa shape index (κ2) is 10.5. The van der Waals surface area contributed by atoms with E-state index in [1.54, 1.807) is 7.05 Å². The zero-order valence-corrected chi connectivity index (χ0v) is 16.4. The molecule has 144 valence electrons. The Balaban J connectivity index is 1.73. The summed E-state index contributed by atoms with van der Waals surface area (Å²) in [7, 11) is 1.65. The average molecular weight is 381 g/mol. The van der Waals surface area contributed by atoms with Gasteiger partial charge in [-0.15, -0.1) is 0 Å². The Morgan fingerprint density at radius 3 is 2.42 bits per heavy atom. The molecule has 0 unspecified atom stereocenters. The minimum Gasteiger partial charge on any atom is -0.358 e. The van der Waals surface area contributed by atoms with Crippen molar-refractivity contribution in [3.05, 3.63) is 34.9 Å². The smallest absolute Gasteiger partial charge is 0.234 e. The first-order valence-electron chi connectivity index (χ1n) is 9.19. The highest BCUT2D eigenvalue weighted by molar-refractivity contribution is 6.30. The number of amides is 2. The van der Waals surface area contributed by atoms with Crippen LogP contribution in [0.5, 0.6) is 0 Å². The van der Waals surface area contributed by atoms with Crippen LogP contribution in [0.3, 0.4) is 0 Å². The molecule has 1 aromatic carbocycles. The number of carbonyl (C=O) groups is 2. The highest BCUT2D eigenvalue weighted by atomic mass is 35.5. The molecule has 1 saturated heterocycles. The van der Waals surface area contributed by atoms with Crippen molar-refractivity contribution in [1.82, 2.24) is 20.4 Å². The van der Waals surface area contributed by atoms with Gasteiger partial charge in [0.1, 0.15) is 0 Å². The van der Waals surface area contributed by atoms with E-state index < -0.39 is 0 Å². The van der Waals surface area contributed by atoms with Crippen molar-refractivity contribution in [1.29, 1.82) is 0 Å². The first-order valence-corrected chi connectivity index (χ1v) is 9.57. The Hall–Kier alpha value is -1.63. The van der Waals surface area contributed by atoms with Gasteiger partial charge in [0.15, 0.2) is 0 Å². The largest absolute Gasteiger partial charge is 0.358 e. The lowest BCUT2D eigenvalue weighted by Gasteiger charge is -2.32. The predicted molar refractivity (Wildman–Crippen MR) is 104 cm³/mol. The van der Waals surface area contributed by atoms with E-state index in [0.717, 1.165) is 49.6 Å². The van der Waals surface area contributed by atoms with Gasteiger partial charge in [0.05, 0.1) is 13.1 Å². The SMILES string of the molecule is CCN(CC(=O)NC1CCN(CC(=O)NC)CC1)Cc1ccc(Cl)cc1. The fraction of sp³-hybridized carbons (Fsp3) is 0.579. The molecule has 0 saturated carbocycles. The van der Waals surface area contributed by atoms with Crippen LogP contribution in [0.1, 0.15) is 25.3 Å². The summed E-state index contributed by atoms with van der Waals surface area (Å²) in [5, 5.41) is 6.50. The van der Waals surface area contributed by atoms with Crippen LogP contribution >= 0.6 is 11.6 Å². The molecule has 0 spiro atoms. The van der Waals surface area contributed by atoms with E-state index in [9.17, 15) is 9.59 Å². The van der Waals surface area contributed by atoms with Crippen molar-refractivity contribution in [2.75, 3.05) is 39.8 Å². The predicted octanol–water partition coefficient (Wildman–Crippen LogP) is 1.49. The summed E-state index contributed by atoms with van der Waals surface area (Å²) in [5.74, 6) is 0.0961. The number of likely N-dealkylation sites (N-methyl/N-ethyl adjacent to an activating group) is 2. The van der Waals surface area contributed by atoms with Crippen LogP contribution < -0.4 is 10.6 Å². The number of carbonyl (C=O) groups excluding carboxylic acids is 2. The molecule has 2 N–H and O–H groups in total. The number of piperidine rings is 1. The molecule has 7 heteroatoms. The fourth-order valence-corrected chi connectivity index (χ4v) is 3.25. The summed E-state index contributed by atoms with van der Waals surface area (Å²) in [4.78, 5) is 28.0. The highest BCUT2D eigenvalue weighted by Gasteiger charge is 2.22. The number of nitrogens with zero attached hydrogens (tertiary/aromatic N) is 2. The van der Waals surface area contributed by atoms with Crippen molar-refractivity contribution in [2.45, 2.75) is 32.4 Å². The molecule has 2 amide bonds. The fourth-order valence-electron chi connectivity index (χ4n) is 3.12. The summed E-state index contributed by atoms with van der Waals surface area (Å²) >= 11 is 5.92. The maximum atomic E-state index is 12.4. The van der Waals surface area contributed by atoms with E-state index in [-0.39, 0.29) is 17.9 Å². The van der Waals surface area contributed by atoms with Crippen LogP contribution in [0.15, 0.2) is 24.3 Å². The molecule has 26 heavy (non-hydrogen) atoms. The standard InChI is InChI=1S/C19H29ClN4O2/c1-3-23(12-15-4-6-16(20)7-5-15)14-19(26)22-17-8-10-24(11-9-17)13-18(25)21-2/h4-7,17H,3,8-14H2,1-2H3,(H,21,25)(H,22,26). The van der Waals surface area contributed by atoms with Gasteiger partial charge in [-0.3, -0.25) is 19.4 Å². The first kappa shape index (κ1) is 20.7. The van der Waals surface area contributed by atoms with Crippen LogP contribution in [0.2, 0.25) is 5.02 Å². The number of hydrogen-bond acceptors (Lipinski definition) is 4. The molecule has 1 aliphatic rings. The first-order chi connectivity index (χ1) is 12.5. The molecule has 0 aromatic heterocycles. The lowest BCUT2D eigenvalue weighted by atomic mass is 10.0. The lowest BCUT2D eigenvalue weighted by molar-refractivity contribution is -0.124. The van der Waals surface area contributed by atoms with Gasteiger partial charge in [-0.05, 0) is 37.1 Å². The van der Waals surface area contributed by atoms with E-state index in [1.165, 1.54) is 0 Å². The van der Waals surface area contributed by atoms with E-state index in [1.807, 2.05) is 24.3 Å². The van der Waals surface area contributed by atoms with Crippen LogP contribution in [-0.4, -0.2) is 67.4 Å². The normalized spacial score (nSPS) is 15.8. The third-order valence-electron chi connectivity index (χ3n) is 4.73. The van der Waals surface area contributed by atoms with Crippen molar-refractivity contribution in [3.8, 4) is 0 Å². The van der Waals surface area contributed by atoms with E-state index in [2.05, 4.69) is 27.4 Å². The monoisotopic (exact) mass is 380 g/mol. The molecule has 0 atom stereocenters. The lowest BCUT2D eigenvalue weighted by Crippen LogP contribution is -2.48. The third-order valence-corrected chi connectivity index (χ3v) is 4.98. The zero-order valence-electron chi connectivity index (χ0n) is 15.6.